The SMILES string of the molecule is C#CCN(CC1CC1)c1c(F)cccc1[C@H](C)O. The highest BCUT2D eigenvalue weighted by atomic mass is 19.1. The van der Waals surface area contributed by atoms with Gasteiger partial charge in [0.2, 0.25) is 0 Å². The summed E-state index contributed by atoms with van der Waals surface area (Å²) in [7, 11) is 0. The van der Waals surface area contributed by atoms with Crippen molar-refractivity contribution in [2.45, 2.75) is 25.9 Å². The molecule has 0 radical (unpaired) electrons. The van der Waals surface area contributed by atoms with Crippen molar-refractivity contribution in [2.24, 2.45) is 5.92 Å². The Balaban J connectivity index is 2.35. The first kappa shape index (κ1) is 12.9. The molecule has 0 bridgehead atoms. The van der Waals surface area contributed by atoms with E-state index in [0.717, 1.165) is 6.54 Å². The van der Waals surface area contributed by atoms with Crippen molar-refractivity contribution in [1.29, 1.82) is 0 Å². The molecule has 1 atom stereocenters. The molecule has 1 N–H and O–H groups in total. The van der Waals surface area contributed by atoms with Crippen LogP contribution in [0.1, 0.15) is 31.4 Å². The van der Waals surface area contributed by atoms with Crippen LogP contribution in [0.2, 0.25) is 0 Å². The molecule has 0 unspecified atom stereocenters. The van der Waals surface area contributed by atoms with Crippen LogP contribution in [-0.2, 0) is 0 Å². The summed E-state index contributed by atoms with van der Waals surface area (Å²) in [5.41, 5.74) is 1.06. The highest BCUT2D eigenvalue weighted by Gasteiger charge is 2.27. The number of para-hydroxylation sites is 1. The summed E-state index contributed by atoms with van der Waals surface area (Å²) in [5, 5.41) is 9.75. The first-order chi connectivity index (χ1) is 8.63. The zero-order chi connectivity index (χ0) is 13.1. The number of benzene rings is 1. The van der Waals surface area contributed by atoms with Crippen molar-refractivity contribution in [3.8, 4) is 12.3 Å². The minimum absolute atomic E-state index is 0.315. The van der Waals surface area contributed by atoms with Gasteiger partial charge in [-0.2, -0.15) is 0 Å². The van der Waals surface area contributed by atoms with E-state index in [-0.39, 0.29) is 5.82 Å². The Morgan fingerprint density at radius 2 is 2.28 bits per heavy atom. The molecule has 2 nitrogen and oxygen atoms in total. The average Bonchev–Trinajstić information content (AvgIpc) is 3.12. The maximum atomic E-state index is 14.0. The Bertz CT molecular complexity index is 460. The molecule has 96 valence electrons. The zero-order valence-corrected chi connectivity index (χ0v) is 10.6. The number of hydrogen-bond acceptors (Lipinski definition) is 2. The topological polar surface area (TPSA) is 23.5 Å². The van der Waals surface area contributed by atoms with Crippen LogP contribution in [-0.4, -0.2) is 18.2 Å². The van der Waals surface area contributed by atoms with Crippen molar-refractivity contribution in [1.82, 2.24) is 0 Å². The number of aliphatic hydroxyl groups excluding tert-OH is 1. The van der Waals surface area contributed by atoms with E-state index in [4.69, 9.17) is 6.42 Å². The highest BCUT2D eigenvalue weighted by molar-refractivity contribution is 5.56. The van der Waals surface area contributed by atoms with Gasteiger partial charge in [0.15, 0.2) is 0 Å². The summed E-state index contributed by atoms with van der Waals surface area (Å²) < 4.78 is 14.0. The van der Waals surface area contributed by atoms with Crippen LogP contribution in [0.15, 0.2) is 18.2 Å². The summed E-state index contributed by atoms with van der Waals surface area (Å²) >= 11 is 0. The molecule has 0 spiro atoms. The zero-order valence-electron chi connectivity index (χ0n) is 10.6. The van der Waals surface area contributed by atoms with Gasteiger partial charge in [0.1, 0.15) is 5.82 Å². The van der Waals surface area contributed by atoms with Gasteiger partial charge in [-0.1, -0.05) is 18.1 Å². The Morgan fingerprint density at radius 3 is 2.83 bits per heavy atom. The predicted molar refractivity (Wildman–Crippen MR) is 70.8 cm³/mol. The largest absolute Gasteiger partial charge is 0.389 e. The van der Waals surface area contributed by atoms with E-state index >= 15 is 0 Å². The Morgan fingerprint density at radius 1 is 1.56 bits per heavy atom. The van der Waals surface area contributed by atoms with E-state index in [1.807, 2.05) is 4.90 Å². The third-order valence-electron chi connectivity index (χ3n) is 3.24. The van der Waals surface area contributed by atoms with E-state index in [0.29, 0.717) is 23.7 Å². The first-order valence-corrected chi connectivity index (χ1v) is 6.28. The Labute approximate surface area is 107 Å². The molecular formula is C15H18FNO. The molecule has 1 aliphatic carbocycles. The predicted octanol–water partition coefficient (Wildman–Crippen LogP) is 2.73. The van der Waals surface area contributed by atoms with E-state index in [2.05, 4.69) is 5.92 Å². The summed E-state index contributed by atoms with van der Waals surface area (Å²) in [5.74, 6) is 2.87. The molecule has 0 aromatic heterocycles. The van der Waals surface area contributed by atoms with Crippen molar-refractivity contribution in [2.75, 3.05) is 18.0 Å². The molecular weight excluding hydrogens is 229 g/mol. The molecule has 1 fully saturated rings. The van der Waals surface area contributed by atoms with Gasteiger partial charge in [-0.15, -0.1) is 6.42 Å². The molecule has 0 heterocycles. The van der Waals surface area contributed by atoms with Gasteiger partial charge >= 0.3 is 0 Å². The molecule has 0 saturated heterocycles. The quantitative estimate of drug-likeness (QED) is 0.809. The van der Waals surface area contributed by atoms with Crippen LogP contribution in [0, 0.1) is 24.1 Å². The van der Waals surface area contributed by atoms with Crippen LogP contribution in [0.3, 0.4) is 0 Å². The van der Waals surface area contributed by atoms with Gasteiger partial charge in [0, 0.05) is 12.1 Å². The first-order valence-electron chi connectivity index (χ1n) is 6.28. The number of nitrogens with zero attached hydrogens (tertiary/aromatic N) is 1. The fourth-order valence-corrected chi connectivity index (χ4v) is 2.16. The van der Waals surface area contributed by atoms with Crippen LogP contribution in [0.25, 0.3) is 0 Å². The summed E-state index contributed by atoms with van der Waals surface area (Å²) in [6.07, 6.45) is 7.02. The normalized spacial score (nSPS) is 16.1. The van der Waals surface area contributed by atoms with E-state index in [1.54, 1.807) is 19.1 Å². The lowest BCUT2D eigenvalue weighted by atomic mass is 10.1. The maximum Gasteiger partial charge on any atom is 0.146 e. The number of halogens is 1. The van der Waals surface area contributed by atoms with Gasteiger partial charge in [-0.3, -0.25) is 0 Å². The monoisotopic (exact) mass is 247 g/mol. The van der Waals surface area contributed by atoms with Gasteiger partial charge in [0.05, 0.1) is 18.3 Å². The Kier molecular flexibility index (Phi) is 3.88. The maximum absolute atomic E-state index is 14.0. The number of aliphatic hydroxyl groups is 1. The van der Waals surface area contributed by atoms with Crippen LogP contribution in [0.5, 0.6) is 0 Å². The molecule has 1 aliphatic rings. The fourth-order valence-electron chi connectivity index (χ4n) is 2.16. The number of hydrogen-bond donors (Lipinski definition) is 1. The smallest absolute Gasteiger partial charge is 0.146 e. The average molecular weight is 247 g/mol. The van der Waals surface area contributed by atoms with Crippen LogP contribution >= 0.6 is 0 Å². The minimum atomic E-state index is -0.699. The van der Waals surface area contributed by atoms with E-state index < -0.39 is 6.10 Å². The van der Waals surface area contributed by atoms with Gasteiger partial charge in [-0.25, -0.2) is 4.39 Å². The third kappa shape index (κ3) is 2.83. The lowest BCUT2D eigenvalue weighted by molar-refractivity contribution is 0.199. The minimum Gasteiger partial charge on any atom is -0.389 e. The molecule has 3 heteroatoms. The second-order valence-corrected chi connectivity index (χ2v) is 4.88. The standard InChI is InChI=1S/C15H18FNO/c1-3-9-17(10-12-7-8-12)15-13(11(2)18)5-4-6-14(15)16/h1,4-6,11-12,18H,7-10H2,2H3/t11-/m0/s1. The van der Waals surface area contributed by atoms with Crippen molar-refractivity contribution in [3.63, 3.8) is 0 Å². The van der Waals surface area contributed by atoms with E-state index in [9.17, 15) is 9.50 Å². The highest BCUT2D eigenvalue weighted by Crippen LogP contribution is 2.35. The molecule has 1 aromatic carbocycles. The number of terminal acetylenes is 1. The molecule has 18 heavy (non-hydrogen) atoms. The Hall–Kier alpha value is -1.53. The summed E-state index contributed by atoms with van der Waals surface area (Å²) in [6, 6.07) is 4.78. The molecule has 0 amide bonds. The molecule has 1 aromatic rings. The molecule has 2 rings (SSSR count). The van der Waals surface area contributed by atoms with Crippen LogP contribution < -0.4 is 4.90 Å². The number of anilines is 1. The van der Waals surface area contributed by atoms with Crippen molar-refractivity contribution < 1.29 is 9.50 Å². The fraction of sp³-hybridized carbons (Fsp3) is 0.467. The van der Waals surface area contributed by atoms with Crippen molar-refractivity contribution >= 4 is 5.69 Å². The van der Waals surface area contributed by atoms with Gasteiger partial charge in [0.25, 0.3) is 0 Å². The lowest BCUT2D eigenvalue weighted by Crippen LogP contribution is -2.28. The molecule has 0 aliphatic heterocycles. The third-order valence-corrected chi connectivity index (χ3v) is 3.24. The summed E-state index contributed by atoms with van der Waals surface area (Å²) in [4.78, 5) is 1.87. The molecule has 1 saturated carbocycles. The van der Waals surface area contributed by atoms with Gasteiger partial charge in [-0.05, 0) is 31.7 Å². The van der Waals surface area contributed by atoms with E-state index in [1.165, 1.54) is 18.9 Å². The van der Waals surface area contributed by atoms with Crippen molar-refractivity contribution in [3.05, 3.63) is 29.6 Å². The lowest BCUT2D eigenvalue weighted by Gasteiger charge is -2.26. The second kappa shape index (κ2) is 5.41. The summed E-state index contributed by atoms with van der Waals surface area (Å²) in [6.45, 7) is 2.78. The second-order valence-electron chi connectivity index (χ2n) is 4.88. The van der Waals surface area contributed by atoms with Gasteiger partial charge < -0.3 is 10.0 Å². The number of rotatable bonds is 5. The van der Waals surface area contributed by atoms with Crippen LogP contribution in [0.4, 0.5) is 10.1 Å².